The molecule has 1 aliphatic heterocycles. The van der Waals surface area contributed by atoms with Crippen molar-refractivity contribution in [1.82, 2.24) is 16.0 Å². The first-order valence-electron chi connectivity index (χ1n) is 6.49. The van der Waals surface area contributed by atoms with Gasteiger partial charge >= 0.3 is 0 Å². The highest BCUT2D eigenvalue weighted by Gasteiger charge is 2.27. The van der Waals surface area contributed by atoms with Crippen LogP contribution in [0.1, 0.15) is 32.1 Å². The van der Waals surface area contributed by atoms with E-state index < -0.39 is 0 Å². The molecule has 0 radical (unpaired) electrons. The van der Waals surface area contributed by atoms with Crippen LogP contribution in [-0.4, -0.2) is 36.9 Å². The van der Waals surface area contributed by atoms with Crippen LogP contribution in [0.5, 0.6) is 0 Å². The highest BCUT2D eigenvalue weighted by molar-refractivity contribution is 5.89. The van der Waals surface area contributed by atoms with Gasteiger partial charge in [0.25, 0.3) is 0 Å². The lowest BCUT2D eigenvalue weighted by Gasteiger charge is -2.09. The van der Waals surface area contributed by atoms with Crippen LogP contribution in [0.15, 0.2) is 0 Å². The summed E-state index contributed by atoms with van der Waals surface area (Å²) in [6, 6.07) is 0.391. The number of hydrogen-bond donors (Lipinski definition) is 3. The molecule has 3 amide bonds. The predicted octanol–water partition coefficient (Wildman–Crippen LogP) is -0.702. The van der Waals surface area contributed by atoms with Gasteiger partial charge in [-0.1, -0.05) is 0 Å². The van der Waals surface area contributed by atoms with Crippen LogP contribution in [-0.2, 0) is 14.4 Å². The molecule has 6 nitrogen and oxygen atoms in total. The average Bonchev–Trinajstić information content (AvgIpc) is 3.03. The third-order valence-electron chi connectivity index (χ3n) is 3.17. The minimum absolute atomic E-state index is 0.0597. The van der Waals surface area contributed by atoms with Crippen molar-refractivity contribution < 1.29 is 14.4 Å². The summed E-state index contributed by atoms with van der Waals surface area (Å²) in [5.41, 5.74) is 0. The zero-order chi connectivity index (χ0) is 13.0. The molecule has 1 saturated carbocycles. The Hall–Kier alpha value is -1.59. The lowest BCUT2D eigenvalue weighted by atomic mass is 10.1. The number of amides is 3. The van der Waals surface area contributed by atoms with Gasteiger partial charge in [-0.15, -0.1) is 0 Å². The summed E-state index contributed by atoms with van der Waals surface area (Å²) in [5, 5.41) is 8.28. The maximum atomic E-state index is 11.6. The Bertz CT molecular complexity index is 352. The van der Waals surface area contributed by atoms with Gasteiger partial charge in [0.1, 0.15) is 0 Å². The Morgan fingerprint density at radius 2 is 2.11 bits per heavy atom. The maximum absolute atomic E-state index is 11.6. The van der Waals surface area contributed by atoms with E-state index in [1.54, 1.807) is 0 Å². The van der Waals surface area contributed by atoms with Crippen molar-refractivity contribution in [2.45, 2.75) is 38.1 Å². The van der Waals surface area contributed by atoms with Crippen LogP contribution >= 0.6 is 0 Å². The molecule has 1 heterocycles. The largest absolute Gasteiger partial charge is 0.356 e. The first kappa shape index (κ1) is 12.9. The van der Waals surface area contributed by atoms with Gasteiger partial charge in [-0.2, -0.15) is 0 Å². The number of rotatable bonds is 6. The summed E-state index contributed by atoms with van der Waals surface area (Å²) < 4.78 is 0. The van der Waals surface area contributed by atoms with E-state index in [0.717, 1.165) is 12.8 Å². The van der Waals surface area contributed by atoms with Gasteiger partial charge in [0.15, 0.2) is 0 Å². The minimum atomic E-state index is -0.252. The topological polar surface area (TPSA) is 87.3 Å². The molecule has 0 aromatic heterocycles. The zero-order valence-corrected chi connectivity index (χ0v) is 10.3. The molecule has 1 saturated heterocycles. The van der Waals surface area contributed by atoms with Crippen LogP contribution in [0.2, 0.25) is 0 Å². The smallest absolute Gasteiger partial charge is 0.225 e. The van der Waals surface area contributed by atoms with Crippen LogP contribution in [0.25, 0.3) is 0 Å². The van der Waals surface area contributed by atoms with Gasteiger partial charge in [0.05, 0.1) is 5.92 Å². The third kappa shape index (κ3) is 4.01. The fourth-order valence-corrected chi connectivity index (χ4v) is 1.92. The monoisotopic (exact) mass is 253 g/mol. The SMILES string of the molecule is O=C1CC(C(=O)NCCCC(=O)NC2CC2)CN1. The van der Waals surface area contributed by atoms with Crippen LogP contribution in [0, 0.1) is 5.92 Å². The molecule has 0 spiro atoms. The summed E-state index contributed by atoms with van der Waals surface area (Å²) in [5.74, 6) is -0.364. The molecule has 100 valence electrons. The lowest BCUT2D eigenvalue weighted by molar-refractivity contribution is -0.126. The van der Waals surface area contributed by atoms with Crippen LogP contribution < -0.4 is 16.0 Å². The van der Waals surface area contributed by atoms with Gasteiger partial charge in [-0.3, -0.25) is 14.4 Å². The van der Waals surface area contributed by atoms with Gasteiger partial charge in [-0.05, 0) is 19.3 Å². The predicted molar refractivity (Wildman–Crippen MR) is 64.5 cm³/mol. The first-order valence-corrected chi connectivity index (χ1v) is 6.49. The maximum Gasteiger partial charge on any atom is 0.225 e. The van der Waals surface area contributed by atoms with Gasteiger partial charge in [-0.25, -0.2) is 0 Å². The number of carbonyl (C=O) groups is 3. The third-order valence-corrected chi connectivity index (χ3v) is 3.17. The standard InChI is InChI=1S/C12H19N3O3/c16-10(15-9-3-4-9)2-1-5-13-12(18)8-6-11(17)14-7-8/h8-9H,1-7H2,(H,13,18)(H,14,17)(H,15,16). The van der Waals surface area contributed by atoms with Gasteiger partial charge in [0.2, 0.25) is 17.7 Å². The van der Waals surface area contributed by atoms with E-state index in [2.05, 4.69) is 16.0 Å². The summed E-state index contributed by atoms with van der Waals surface area (Å²) in [6.45, 7) is 0.911. The molecule has 1 atom stereocenters. The van der Waals surface area contributed by atoms with Crippen molar-refractivity contribution in [3.63, 3.8) is 0 Å². The normalized spacial score (nSPS) is 22.4. The van der Waals surface area contributed by atoms with Crippen LogP contribution in [0.3, 0.4) is 0 Å². The Labute approximate surface area is 106 Å². The molecule has 0 aromatic rings. The summed E-state index contributed by atoms with van der Waals surface area (Å²) >= 11 is 0. The number of hydrogen-bond acceptors (Lipinski definition) is 3. The molecule has 1 aliphatic carbocycles. The molecule has 0 bridgehead atoms. The van der Waals surface area contributed by atoms with Gasteiger partial charge < -0.3 is 16.0 Å². The molecule has 6 heteroatoms. The summed E-state index contributed by atoms with van der Waals surface area (Å²) in [4.78, 5) is 33.9. The summed E-state index contributed by atoms with van der Waals surface area (Å²) in [6.07, 6.45) is 3.53. The summed E-state index contributed by atoms with van der Waals surface area (Å²) in [7, 11) is 0. The van der Waals surface area contributed by atoms with E-state index in [4.69, 9.17) is 0 Å². The highest BCUT2D eigenvalue weighted by atomic mass is 16.2. The molecule has 2 fully saturated rings. The molecule has 18 heavy (non-hydrogen) atoms. The molecule has 1 unspecified atom stereocenters. The van der Waals surface area contributed by atoms with Crippen molar-refractivity contribution in [2.75, 3.05) is 13.1 Å². The van der Waals surface area contributed by atoms with Gasteiger partial charge in [0, 0.05) is 32.0 Å². The molecule has 2 rings (SSSR count). The van der Waals surface area contributed by atoms with Crippen molar-refractivity contribution in [3.05, 3.63) is 0 Å². The molecule has 2 aliphatic rings. The lowest BCUT2D eigenvalue weighted by Crippen LogP contribution is -2.33. The highest BCUT2D eigenvalue weighted by Crippen LogP contribution is 2.18. The number of carbonyl (C=O) groups excluding carboxylic acids is 3. The Morgan fingerprint density at radius 1 is 1.33 bits per heavy atom. The quantitative estimate of drug-likeness (QED) is 0.547. The van der Waals surface area contributed by atoms with Crippen molar-refractivity contribution in [3.8, 4) is 0 Å². The van der Waals surface area contributed by atoms with Crippen molar-refractivity contribution >= 4 is 17.7 Å². The van der Waals surface area contributed by atoms with E-state index in [9.17, 15) is 14.4 Å². The number of nitrogens with one attached hydrogen (secondary N) is 3. The second-order valence-electron chi connectivity index (χ2n) is 4.94. The Kier molecular flexibility index (Phi) is 4.17. The van der Waals surface area contributed by atoms with E-state index in [-0.39, 0.29) is 30.1 Å². The Morgan fingerprint density at radius 3 is 2.72 bits per heavy atom. The molecule has 3 N–H and O–H groups in total. The van der Waals surface area contributed by atoms with E-state index in [1.807, 2.05) is 0 Å². The fraction of sp³-hybridized carbons (Fsp3) is 0.750. The van der Waals surface area contributed by atoms with E-state index >= 15 is 0 Å². The second kappa shape index (κ2) is 5.84. The fourth-order valence-electron chi connectivity index (χ4n) is 1.92. The first-order chi connectivity index (χ1) is 8.65. The Balaban J connectivity index is 1.53. The van der Waals surface area contributed by atoms with Crippen LogP contribution in [0.4, 0.5) is 0 Å². The average molecular weight is 253 g/mol. The second-order valence-corrected chi connectivity index (χ2v) is 4.94. The molecular formula is C12H19N3O3. The van der Waals surface area contributed by atoms with E-state index in [0.29, 0.717) is 32.0 Å². The minimum Gasteiger partial charge on any atom is -0.356 e. The zero-order valence-electron chi connectivity index (χ0n) is 10.3. The van der Waals surface area contributed by atoms with Crippen molar-refractivity contribution in [1.29, 1.82) is 0 Å². The van der Waals surface area contributed by atoms with Crippen molar-refractivity contribution in [2.24, 2.45) is 5.92 Å². The van der Waals surface area contributed by atoms with E-state index in [1.165, 1.54) is 0 Å². The molecular weight excluding hydrogens is 234 g/mol. The molecule has 0 aromatic carbocycles.